The summed E-state index contributed by atoms with van der Waals surface area (Å²) in [5, 5.41) is 4.54. The number of para-hydroxylation sites is 4. The minimum absolute atomic E-state index is 0.891. The lowest BCUT2D eigenvalue weighted by molar-refractivity contribution is 0.673. The Morgan fingerprint density at radius 3 is 2.00 bits per heavy atom. The third-order valence-corrected chi connectivity index (χ3v) is 8.64. The van der Waals surface area contributed by atoms with Gasteiger partial charge >= 0.3 is 0 Å². The van der Waals surface area contributed by atoms with E-state index >= 15 is 0 Å². The molecule has 3 nitrogen and oxygen atoms in total. The fourth-order valence-corrected chi connectivity index (χ4v) is 6.63. The van der Waals surface area contributed by atoms with Crippen LogP contribution in [0.2, 0.25) is 0 Å². The molecule has 2 heterocycles. The van der Waals surface area contributed by atoms with E-state index in [4.69, 9.17) is 9.40 Å². The molecule has 206 valence electrons. The van der Waals surface area contributed by atoms with E-state index in [0.717, 1.165) is 77.7 Å². The van der Waals surface area contributed by atoms with Crippen molar-refractivity contribution in [2.24, 2.45) is 0 Å². The van der Waals surface area contributed by atoms with Crippen molar-refractivity contribution in [3.63, 3.8) is 0 Å². The van der Waals surface area contributed by atoms with Crippen LogP contribution >= 0.6 is 0 Å². The van der Waals surface area contributed by atoms with E-state index < -0.39 is 0 Å². The molecule has 0 saturated carbocycles. The SMILES string of the molecule is c1ccc(-c2ccccc2-c2nc3ccccc3n2-c2ccccc2-c2cccc3c2oc2c4ccccc4ccc32)cc1. The monoisotopic (exact) mass is 562 g/mol. The smallest absolute Gasteiger partial charge is 0.146 e. The van der Waals surface area contributed by atoms with Crippen LogP contribution in [0.1, 0.15) is 0 Å². The maximum absolute atomic E-state index is 6.78. The van der Waals surface area contributed by atoms with Crippen LogP contribution < -0.4 is 0 Å². The summed E-state index contributed by atoms with van der Waals surface area (Å²) in [5.74, 6) is 0.904. The first-order valence-electron chi connectivity index (χ1n) is 14.9. The Morgan fingerprint density at radius 1 is 0.432 bits per heavy atom. The van der Waals surface area contributed by atoms with Crippen LogP contribution in [0.25, 0.3) is 83.1 Å². The summed E-state index contributed by atoms with van der Waals surface area (Å²) in [6.45, 7) is 0. The zero-order chi connectivity index (χ0) is 29.0. The minimum atomic E-state index is 0.891. The highest BCUT2D eigenvalue weighted by Crippen LogP contribution is 2.42. The lowest BCUT2D eigenvalue weighted by atomic mass is 9.98. The molecule has 2 aromatic heterocycles. The van der Waals surface area contributed by atoms with Gasteiger partial charge in [-0.05, 0) is 40.8 Å². The highest BCUT2D eigenvalue weighted by molar-refractivity contribution is 6.17. The number of aromatic nitrogens is 2. The molecule has 0 unspecified atom stereocenters. The van der Waals surface area contributed by atoms with Crippen LogP contribution in [-0.2, 0) is 0 Å². The van der Waals surface area contributed by atoms with E-state index in [0.29, 0.717) is 0 Å². The van der Waals surface area contributed by atoms with Gasteiger partial charge in [-0.2, -0.15) is 0 Å². The van der Waals surface area contributed by atoms with Gasteiger partial charge in [-0.15, -0.1) is 0 Å². The molecule has 0 aliphatic heterocycles. The Bertz CT molecular complexity index is 2500. The van der Waals surface area contributed by atoms with Gasteiger partial charge in [0.25, 0.3) is 0 Å². The first-order chi connectivity index (χ1) is 21.8. The van der Waals surface area contributed by atoms with Crippen LogP contribution in [0.5, 0.6) is 0 Å². The molecule has 7 aromatic carbocycles. The lowest BCUT2D eigenvalue weighted by Crippen LogP contribution is -2.01. The number of fused-ring (bicyclic) bond motifs is 6. The second-order valence-electron chi connectivity index (χ2n) is 11.1. The van der Waals surface area contributed by atoms with Gasteiger partial charge in [-0.25, -0.2) is 4.98 Å². The highest BCUT2D eigenvalue weighted by atomic mass is 16.3. The molecule has 0 atom stereocenters. The fourth-order valence-electron chi connectivity index (χ4n) is 6.63. The van der Waals surface area contributed by atoms with E-state index in [1.165, 1.54) is 5.39 Å². The molecular formula is C41H26N2O. The van der Waals surface area contributed by atoms with Crippen molar-refractivity contribution in [1.82, 2.24) is 9.55 Å². The minimum Gasteiger partial charge on any atom is -0.455 e. The molecule has 0 fully saturated rings. The van der Waals surface area contributed by atoms with Crippen molar-refractivity contribution < 1.29 is 4.42 Å². The number of benzene rings is 7. The molecule has 0 spiro atoms. The van der Waals surface area contributed by atoms with Gasteiger partial charge in [0.1, 0.15) is 17.0 Å². The molecule has 0 radical (unpaired) electrons. The van der Waals surface area contributed by atoms with Gasteiger partial charge in [0.15, 0.2) is 0 Å². The van der Waals surface area contributed by atoms with Crippen molar-refractivity contribution in [1.29, 1.82) is 0 Å². The van der Waals surface area contributed by atoms with Gasteiger partial charge < -0.3 is 4.42 Å². The Balaban J connectivity index is 1.34. The molecule has 0 N–H and O–H groups in total. The predicted molar refractivity (Wildman–Crippen MR) is 182 cm³/mol. The van der Waals surface area contributed by atoms with Gasteiger partial charge in [0.05, 0.1) is 16.7 Å². The van der Waals surface area contributed by atoms with Crippen molar-refractivity contribution in [3.8, 4) is 39.3 Å². The second-order valence-corrected chi connectivity index (χ2v) is 11.1. The Labute approximate surface area is 254 Å². The van der Waals surface area contributed by atoms with E-state index in [-0.39, 0.29) is 0 Å². The average molecular weight is 563 g/mol. The quantitative estimate of drug-likeness (QED) is 0.214. The average Bonchev–Trinajstić information content (AvgIpc) is 3.68. The number of imidazole rings is 1. The van der Waals surface area contributed by atoms with Crippen molar-refractivity contribution in [3.05, 3.63) is 158 Å². The second kappa shape index (κ2) is 9.82. The maximum Gasteiger partial charge on any atom is 0.146 e. The zero-order valence-electron chi connectivity index (χ0n) is 23.8. The molecule has 0 aliphatic carbocycles. The van der Waals surface area contributed by atoms with Gasteiger partial charge in [-0.1, -0.05) is 133 Å². The molecule has 0 amide bonds. The largest absolute Gasteiger partial charge is 0.455 e. The summed E-state index contributed by atoms with van der Waals surface area (Å²) in [4.78, 5) is 5.25. The lowest BCUT2D eigenvalue weighted by Gasteiger charge is -2.17. The van der Waals surface area contributed by atoms with Crippen molar-refractivity contribution in [2.75, 3.05) is 0 Å². The third-order valence-electron chi connectivity index (χ3n) is 8.64. The number of hydrogen-bond donors (Lipinski definition) is 0. The Kier molecular flexibility index (Phi) is 5.50. The molecule has 0 aliphatic rings. The molecule has 0 saturated heterocycles. The maximum atomic E-state index is 6.78. The third kappa shape index (κ3) is 3.73. The summed E-state index contributed by atoms with van der Waals surface area (Å²) in [5.41, 5.74) is 10.4. The van der Waals surface area contributed by atoms with Crippen LogP contribution in [-0.4, -0.2) is 9.55 Å². The predicted octanol–water partition coefficient (Wildman–Crippen LogP) is 11.1. The molecule has 0 bridgehead atoms. The summed E-state index contributed by atoms with van der Waals surface area (Å²) in [6, 6.07) is 55.3. The molecule has 9 rings (SSSR count). The van der Waals surface area contributed by atoms with Gasteiger partial charge in [0.2, 0.25) is 0 Å². The number of nitrogens with zero attached hydrogens (tertiary/aromatic N) is 2. The van der Waals surface area contributed by atoms with Crippen LogP contribution in [0.3, 0.4) is 0 Å². The van der Waals surface area contributed by atoms with Crippen molar-refractivity contribution >= 4 is 43.7 Å². The summed E-state index contributed by atoms with van der Waals surface area (Å²) < 4.78 is 9.09. The summed E-state index contributed by atoms with van der Waals surface area (Å²) in [6.07, 6.45) is 0. The first kappa shape index (κ1) is 24.6. The van der Waals surface area contributed by atoms with Crippen LogP contribution in [0.4, 0.5) is 0 Å². The highest BCUT2D eigenvalue weighted by Gasteiger charge is 2.22. The van der Waals surface area contributed by atoms with E-state index in [1.54, 1.807) is 0 Å². The van der Waals surface area contributed by atoms with Crippen LogP contribution in [0, 0.1) is 0 Å². The summed E-state index contributed by atoms with van der Waals surface area (Å²) in [7, 11) is 0. The van der Waals surface area contributed by atoms with E-state index in [2.05, 4.69) is 162 Å². The Hall–Kier alpha value is -5.93. The summed E-state index contributed by atoms with van der Waals surface area (Å²) >= 11 is 0. The molecular weight excluding hydrogens is 536 g/mol. The molecule has 3 heteroatoms. The Morgan fingerprint density at radius 2 is 1.09 bits per heavy atom. The van der Waals surface area contributed by atoms with Crippen LogP contribution in [0.15, 0.2) is 162 Å². The number of rotatable bonds is 4. The molecule has 44 heavy (non-hydrogen) atoms. The standard InChI is InChI=1S/C41H26N2O/c1-2-13-27(14-3-1)29-16-6-7-19-35(29)41-42-36-22-9-11-24-38(36)43(41)37-23-10-8-18-31(37)32-20-12-21-33-34-26-25-28-15-4-5-17-30(28)39(34)44-40(32)33/h1-26H. The van der Waals surface area contributed by atoms with E-state index in [1.807, 2.05) is 0 Å². The topological polar surface area (TPSA) is 31.0 Å². The number of furan rings is 1. The van der Waals surface area contributed by atoms with E-state index in [9.17, 15) is 0 Å². The van der Waals surface area contributed by atoms with Crippen molar-refractivity contribution in [2.45, 2.75) is 0 Å². The van der Waals surface area contributed by atoms with Gasteiger partial charge in [-0.3, -0.25) is 4.57 Å². The normalized spacial score (nSPS) is 11.6. The molecule has 9 aromatic rings. The van der Waals surface area contributed by atoms with Gasteiger partial charge in [0, 0.05) is 32.8 Å². The first-order valence-corrected chi connectivity index (χ1v) is 14.9. The fraction of sp³-hybridized carbons (Fsp3) is 0. The number of hydrogen-bond acceptors (Lipinski definition) is 2. The zero-order valence-corrected chi connectivity index (χ0v) is 23.8.